The van der Waals surface area contributed by atoms with Crippen LogP contribution in [0.25, 0.3) is 0 Å². The van der Waals surface area contributed by atoms with Crippen molar-refractivity contribution in [1.82, 2.24) is 14.8 Å². The number of alkyl halides is 1. The lowest BCUT2D eigenvalue weighted by molar-refractivity contribution is 0.480. The molecular weight excluding hydrogens is 198 g/mol. The molecule has 3 rings (SSSR count). The summed E-state index contributed by atoms with van der Waals surface area (Å²) in [5.74, 6) is 3.20. The second-order valence-electron chi connectivity index (χ2n) is 4.39. The van der Waals surface area contributed by atoms with E-state index in [0.29, 0.717) is 11.9 Å². The van der Waals surface area contributed by atoms with Crippen molar-refractivity contribution >= 4 is 11.6 Å². The SMILES string of the molecule is ClCc1nncn1C1C2CCCCC21. The number of fused-ring (bicyclic) bond motifs is 1. The zero-order valence-corrected chi connectivity index (χ0v) is 8.82. The number of hydrogen-bond acceptors (Lipinski definition) is 2. The highest BCUT2D eigenvalue weighted by molar-refractivity contribution is 6.16. The molecule has 2 atom stereocenters. The van der Waals surface area contributed by atoms with E-state index in [0.717, 1.165) is 17.7 Å². The van der Waals surface area contributed by atoms with Crippen molar-refractivity contribution in [2.24, 2.45) is 11.8 Å². The molecule has 4 heteroatoms. The summed E-state index contributed by atoms with van der Waals surface area (Å²) in [6.45, 7) is 0. The fourth-order valence-electron chi connectivity index (χ4n) is 2.98. The number of aromatic nitrogens is 3. The van der Waals surface area contributed by atoms with Crippen LogP contribution in [0.5, 0.6) is 0 Å². The predicted molar refractivity (Wildman–Crippen MR) is 54.1 cm³/mol. The molecular formula is C10H14ClN3. The molecule has 2 aliphatic rings. The zero-order valence-electron chi connectivity index (χ0n) is 8.06. The lowest BCUT2D eigenvalue weighted by Gasteiger charge is -2.04. The standard InChI is InChI=1S/C10H14ClN3/c11-5-9-13-12-6-14(9)10-7-3-1-2-4-8(7)10/h6-8,10H,1-5H2. The van der Waals surface area contributed by atoms with Crippen molar-refractivity contribution in [3.8, 4) is 0 Å². The fraction of sp³-hybridized carbons (Fsp3) is 0.800. The number of halogens is 1. The molecule has 3 nitrogen and oxygen atoms in total. The minimum Gasteiger partial charge on any atom is -0.313 e. The first kappa shape index (κ1) is 8.72. The van der Waals surface area contributed by atoms with E-state index in [-0.39, 0.29) is 0 Å². The molecule has 0 aliphatic heterocycles. The van der Waals surface area contributed by atoms with Gasteiger partial charge >= 0.3 is 0 Å². The highest BCUT2D eigenvalue weighted by Crippen LogP contribution is 2.58. The Morgan fingerprint density at radius 1 is 1.36 bits per heavy atom. The van der Waals surface area contributed by atoms with E-state index in [1.165, 1.54) is 25.7 Å². The van der Waals surface area contributed by atoms with E-state index in [1.807, 2.05) is 6.33 Å². The Kier molecular flexibility index (Phi) is 2.01. The van der Waals surface area contributed by atoms with Crippen LogP contribution in [0.15, 0.2) is 6.33 Å². The maximum Gasteiger partial charge on any atom is 0.148 e. The molecule has 0 amide bonds. The Bertz CT molecular complexity index is 324. The van der Waals surface area contributed by atoms with Crippen LogP contribution in [-0.2, 0) is 5.88 Å². The topological polar surface area (TPSA) is 30.7 Å². The molecule has 76 valence electrons. The highest BCUT2D eigenvalue weighted by atomic mass is 35.5. The second kappa shape index (κ2) is 3.23. The maximum absolute atomic E-state index is 5.82. The van der Waals surface area contributed by atoms with Gasteiger partial charge in [-0.1, -0.05) is 12.8 Å². The van der Waals surface area contributed by atoms with Gasteiger partial charge in [0, 0.05) is 6.04 Å². The van der Waals surface area contributed by atoms with Gasteiger partial charge in [0.15, 0.2) is 0 Å². The largest absolute Gasteiger partial charge is 0.313 e. The van der Waals surface area contributed by atoms with E-state index in [2.05, 4.69) is 14.8 Å². The zero-order chi connectivity index (χ0) is 9.54. The van der Waals surface area contributed by atoms with Crippen molar-refractivity contribution in [1.29, 1.82) is 0 Å². The third kappa shape index (κ3) is 1.18. The average molecular weight is 212 g/mol. The van der Waals surface area contributed by atoms with E-state index in [1.54, 1.807) is 0 Å². The van der Waals surface area contributed by atoms with Crippen LogP contribution in [0.2, 0.25) is 0 Å². The normalized spacial score (nSPS) is 35.4. The number of hydrogen-bond donors (Lipinski definition) is 0. The lowest BCUT2D eigenvalue weighted by atomic mass is 10.0. The molecule has 2 unspecified atom stereocenters. The number of rotatable bonds is 2. The molecule has 1 heterocycles. The van der Waals surface area contributed by atoms with Gasteiger partial charge in [0.2, 0.25) is 0 Å². The maximum atomic E-state index is 5.82. The summed E-state index contributed by atoms with van der Waals surface area (Å²) >= 11 is 5.82. The number of nitrogens with zero attached hydrogens (tertiary/aromatic N) is 3. The summed E-state index contributed by atoms with van der Waals surface area (Å²) in [5, 5.41) is 7.98. The van der Waals surface area contributed by atoms with Gasteiger partial charge in [-0.25, -0.2) is 0 Å². The quantitative estimate of drug-likeness (QED) is 0.704. The van der Waals surface area contributed by atoms with Crippen molar-refractivity contribution in [3.63, 3.8) is 0 Å². The van der Waals surface area contributed by atoms with Crippen molar-refractivity contribution in [3.05, 3.63) is 12.2 Å². The summed E-state index contributed by atoms with van der Waals surface area (Å²) in [6, 6.07) is 0.668. The first-order valence-electron chi connectivity index (χ1n) is 5.36. The fourth-order valence-corrected chi connectivity index (χ4v) is 3.17. The van der Waals surface area contributed by atoms with Gasteiger partial charge in [-0.2, -0.15) is 0 Å². The van der Waals surface area contributed by atoms with Crippen LogP contribution >= 0.6 is 11.6 Å². The Balaban J connectivity index is 1.83. The first-order valence-corrected chi connectivity index (χ1v) is 5.89. The molecule has 0 saturated heterocycles. The summed E-state index contributed by atoms with van der Waals surface area (Å²) in [6.07, 6.45) is 7.41. The Morgan fingerprint density at radius 2 is 2.07 bits per heavy atom. The van der Waals surface area contributed by atoms with Crippen LogP contribution in [-0.4, -0.2) is 14.8 Å². The second-order valence-corrected chi connectivity index (χ2v) is 4.66. The van der Waals surface area contributed by atoms with E-state index in [4.69, 9.17) is 11.6 Å². The molecule has 1 aromatic heterocycles. The molecule has 0 spiro atoms. The van der Waals surface area contributed by atoms with Gasteiger partial charge in [-0.3, -0.25) is 0 Å². The lowest BCUT2D eigenvalue weighted by Crippen LogP contribution is -2.00. The third-order valence-corrected chi connectivity index (χ3v) is 3.94. The molecule has 0 aromatic carbocycles. The van der Waals surface area contributed by atoms with Crippen molar-refractivity contribution < 1.29 is 0 Å². The Morgan fingerprint density at radius 3 is 2.71 bits per heavy atom. The smallest absolute Gasteiger partial charge is 0.148 e. The molecule has 0 radical (unpaired) electrons. The predicted octanol–water partition coefficient (Wildman–Crippen LogP) is 2.38. The summed E-state index contributed by atoms with van der Waals surface area (Å²) < 4.78 is 2.20. The Labute approximate surface area is 88.5 Å². The van der Waals surface area contributed by atoms with Crippen LogP contribution in [0.1, 0.15) is 37.5 Å². The van der Waals surface area contributed by atoms with Crippen molar-refractivity contribution in [2.75, 3.05) is 0 Å². The summed E-state index contributed by atoms with van der Waals surface area (Å²) in [4.78, 5) is 0. The van der Waals surface area contributed by atoms with Gasteiger partial charge in [0.1, 0.15) is 12.2 Å². The van der Waals surface area contributed by atoms with Gasteiger partial charge in [-0.05, 0) is 24.7 Å². The van der Waals surface area contributed by atoms with Crippen LogP contribution < -0.4 is 0 Å². The molecule has 0 N–H and O–H groups in total. The van der Waals surface area contributed by atoms with Crippen LogP contribution in [0.4, 0.5) is 0 Å². The van der Waals surface area contributed by atoms with Gasteiger partial charge in [-0.15, -0.1) is 21.8 Å². The van der Waals surface area contributed by atoms with Crippen molar-refractivity contribution in [2.45, 2.75) is 37.6 Å². The van der Waals surface area contributed by atoms with Crippen LogP contribution in [0.3, 0.4) is 0 Å². The monoisotopic (exact) mass is 211 g/mol. The molecule has 2 saturated carbocycles. The molecule has 2 aliphatic carbocycles. The summed E-state index contributed by atoms with van der Waals surface area (Å²) in [5.41, 5.74) is 0. The molecule has 2 fully saturated rings. The van der Waals surface area contributed by atoms with Gasteiger partial charge in [0.25, 0.3) is 0 Å². The van der Waals surface area contributed by atoms with E-state index >= 15 is 0 Å². The minimum absolute atomic E-state index is 0.482. The summed E-state index contributed by atoms with van der Waals surface area (Å²) in [7, 11) is 0. The minimum atomic E-state index is 0.482. The van der Waals surface area contributed by atoms with E-state index < -0.39 is 0 Å². The highest BCUT2D eigenvalue weighted by Gasteiger charge is 2.52. The molecule has 0 bridgehead atoms. The first-order chi connectivity index (χ1) is 6.92. The Hall–Kier alpha value is -0.570. The third-order valence-electron chi connectivity index (χ3n) is 3.70. The van der Waals surface area contributed by atoms with Gasteiger partial charge in [0.05, 0.1) is 5.88 Å². The van der Waals surface area contributed by atoms with Crippen LogP contribution in [0, 0.1) is 11.8 Å². The van der Waals surface area contributed by atoms with Gasteiger partial charge < -0.3 is 4.57 Å². The average Bonchev–Trinajstić information content (AvgIpc) is 2.77. The molecule has 1 aromatic rings. The van der Waals surface area contributed by atoms with E-state index in [9.17, 15) is 0 Å². The molecule has 14 heavy (non-hydrogen) atoms.